The van der Waals surface area contributed by atoms with Crippen LogP contribution < -0.4 is 4.57 Å². The molecular weight excluding hydrogens is 164 g/mol. The van der Waals surface area contributed by atoms with E-state index in [1.54, 1.807) is 12.1 Å². The lowest BCUT2D eigenvalue weighted by Gasteiger charge is -1.94. The van der Waals surface area contributed by atoms with Crippen LogP contribution in [0, 0.1) is 0 Å². The second kappa shape index (κ2) is 2.94. The molecule has 0 radical (unpaired) electrons. The van der Waals surface area contributed by atoms with Gasteiger partial charge in [-0.2, -0.15) is 0 Å². The van der Waals surface area contributed by atoms with Crippen LogP contribution in [-0.4, -0.2) is 9.67 Å². The molecule has 2 rings (SSSR count). The van der Waals surface area contributed by atoms with Crippen molar-refractivity contribution in [3.63, 3.8) is 0 Å². The fourth-order valence-corrected chi connectivity index (χ4v) is 1.23. The number of aromatic nitrogens is 2. The molecule has 0 saturated carbocycles. The normalized spacial score (nSPS) is 10.2. The van der Waals surface area contributed by atoms with Gasteiger partial charge in [0, 0.05) is 0 Å². The predicted octanol–water partition coefficient (Wildman–Crippen LogP) is 1.01. The van der Waals surface area contributed by atoms with Crippen molar-refractivity contribution >= 4 is 0 Å². The summed E-state index contributed by atoms with van der Waals surface area (Å²) in [7, 11) is 1.97. The Morgan fingerprint density at radius 3 is 2.46 bits per heavy atom. The third-order valence-corrected chi connectivity index (χ3v) is 1.92. The molecule has 0 aliphatic heterocycles. The molecule has 0 unspecified atom stereocenters. The van der Waals surface area contributed by atoms with Gasteiger partial charge in [0.2, 0.25) is 6.33 Å². The first-order valence-electron chi connectivity index (χ1n) is 4.08. The van der Waals surface area contributed by atoms with Crippen LogP contribution in [0.3, 0.4) is 0 Å². The molecule has 0 bridgehead atoms. The molecule has 2 aromatic rings. The fraction of sp³-hybridized carbons (Fsp3) is 0.100. The summed E-state index contributed by atoms with van der Waals surface area (Å²) in [4.78, 5) is 0. The van der Waals surface area contributed by atoms with Crippen molar-refractivity contribution in [3.8, 4) is 11.4 Å². The number of hydrogen-bond acceptors (Lipinski definition) is 1. The third-order valence-electron chi connectivity index (χ3n) is 1.92. The highest BCUT2D eigenvalue weighted by molar-refractivity contribution is 5.36. The van der Waals surface area contributed by atoms with Gasteiger partial charge in [0.25, 0.3) is 0 Å². The molecule has 3 heteroatoms. The number of imidazole rings is 1. The van der Waals surface area contributed by atoms with E-state index in [1.165, 1.54) is 0 Å². The van der Waals surface area contributed by atoms with Crippen LogP contribution in [0.2, 0.25) is 0 Å². The molecule has 1 aromatic heterocycles. The number of rotatable bonds is 1. The first-order chi connectivity index (χ1) is 6.25. The maximum atomic E-state index is 9.09. The van der Waals surface area contributed by atoms with Gasteiger partial charge in [0.05, 0.1) is 7.05 Å². The molecule has 0 atom stereocenters. The van der Waals surface area contributed by atoms with E-state index < -0.39 is 0 Å². The highest BCUT2D eigenvalue weighted by Gasteiger charge is 2.02. The highest BCUT2D eigenvalue weighted by atomic mass is 16.3. The van der Waals surface area contributed by atoms with Gasteiger partial charge < -0.3 is 5.11 Å². The second-order valence-electron chi connectivity index (χ2n) is 3.00. The first-order valence-corrected chi connectivity index (χ1v) is 4.08. The lowest BCUT2D eigenvalue weighted by atomic mass is 10.3. The molecule has 66 valence electrons. The van der Waals surface area contributed by atoms with E-state index in [1.807, 2.05) is 47.0 Å². The van der Waals surface area contributed by atoms with E-state index >= 15 is 0 Å². The topological polar surface area (TPSA) is 29.0 Å². The average Bonchev–Trinajstić information content (AvgIpc) is 2.53. The molecule has 0 spiro atoms. The zero-order valence-corrected chi connectivity index (χ0v) is 7.38. The number of nitrogens with zero attached hydrogens (tertiary/aromatic N) is 2. The van der Waals surface area contributed by atoms with E-state index in [2.05, 4.69) is 0 Å². The fourth-order valence-electron chi connectivity index (χ4n) is 1.23. The molecule has 13 heavy (non-hydrogen) atoms. The highest BCUT2D eigenvalue weighted by Crippen LogP contribution is 2.12. The number of phenolic OH excluding ortho intramolecular Hbond substituents is 1. The summed E-state index contributed by atoms with van der Waals surface area (Å²) in [5.74, 6) is 0.292. The number of benzene rings is 1. The number of aromatic hydroxyl groups is 1. The number of phenols is 1. The first kappa shape index (κ1) is 7.86. The van der Waals surface area contributed by atoms with Crippen molar-refractivity contribution in [2.75, 3.05) is 0 Å². The Bertz CT molecular complexity index is 403. The summed E-state index contributed by atoms with van der Waals surface area (Å²) < 4.78 is 3.95. The largest absolute Gasteiger partial charge is 0.508 e. The summed E-state index contributed by atoms with van der Waals surface area (Å²) in [6.07, 6.45) is 5.89. The lowest BCUT2D eigenvalue weighted by molar-refractivity contribution is -0.670. The number of hydrogen-bond donors (Lipinski definition) is 1. The molecule has 0 aliphatic carbocycles. The molecule has 3 nitrogen and oxygen atoms in total. The summed E-state index contributed by atoms with van der Waals surface area (Å²) >= 11 is 0. The lowest BCUT2D eigenvalue weighted by Crippen LogP contribution is -2.23. The quantitative estimate of drug-likeness (QED) is 0.644. The maximum Gasteiger partial charge on any atom is 0.248 e. The Labute approximate surface area is 76.5 Å². The molecule has 0 aliphatic rings. The van der Waals surface area contributed by atoms with Gasteiger partial charge in [0.15, 0.2) is 0 Å². The van der Waals surface area contributed by atoms with E-state index in [0.29, 0.717) is 5.75 Å². The molecule has 0 saturated heterocycles. The molecule has 0 fully saturated rings. The minimum absolute atomic E-state index is 0.292. The molecular formula is C10H11N2O+. The van der Waals surface area contributed by atoms with Gasteiger partial charge in [0.1, 0.15) is 23.8 Å². The monoisotopic (exact) mass is 175 g/mol. The minimum atomic E-state index is 0.292. The zero-order valence-electron chi connectivity index (χ0n) is 7.38. The molecule has 1 heterocycles. The van der Waals surface area contributed by atoms with Gasteiger partial charge in [-0.15, -0.1) is 0 Å². The smallest absolute Gasteiger partial charge is 0.248 e. The van der Waals surface area contributed by atoms with E-state index in [9.17, 15) is 0 Å². The van der Waals surface area contributed by atoms with Crippen molar-refractivity contribution in [1.82, 2.24) is 4.57 Å². The standard InChI is InChI=1S/C10H10N2O/c1-11-6-7-12(8-11)9-2-4-10(13)5-3-9/h2-8H,1H3/p+1. The summed E-state index contributed by atoms with van der Waals surface area (Å²) in [5, 5.41) is 9.09. The van der Waals surface area contributed by atoms with Crippen molar-refractivity contribution in [2.24, 2.45) is 7.05 Å². The Balaban J connectivity index is 2.41. The van der Waals surface area contributed by atoms with Gasteiger partial charge in [-0.25, -0.2) is 9.13 Å². The predicted molar refractivity (Wildman–Crippen MR) is 48.6 cm³/mol. The minimum Gasteiger partial charge on any atom is -0.508 e. The van der Waals surface area contributed by atoms with Crippen LogP contribution in [0.1, 0.15) is 0 Å². The van der Waals surface area contributed by atoms with Gasteiger partial charge in [-0.3, -0.25) is 0 Å². The maximum absolute atomic E-state index is 9.09. The van der Waals surface area contributed by atoms with E-state index in [0.717, 1.165) is 5.69 Å². The van der Waals surface area contributed by atoms with Gasteiger partial charge in [-0.05, 0) is 24.3 Å². The number of aryl methyl sites for hydroxylation is 1. The van der Waals surface area contributed by atoms with Crippen LogP contribution in [0.25, 0.3) is 5.69 Å². The van der Waals surface area contributed by atoms with Crippen molar-refractivity contribution in [2.45, 2.75) is 0 Å². The van der Waals surface area contributed by atoms with Gasteiger partial charge >= 0.3 is 0 Å². The summed E-state index contributed by atoms with van der Waals surface area (Å²) in [5.41, 5.74) is 1.04. The van der Waals surface area contributed by atoms with Crippen LogP contribution in [0.15, 0.2) is 43.0 Å². The Morgan fingerprint density at radius 1 is 1.23 bits per heavy atom. The van der Waals surface area contributed by atoms with Crippen LogP contribution >= 0.6 is 0 Å². The van der Waals surface area contributed by atoms with Crippen molar-refractivity contribution in [1.29, 1.82) is 0 Å². The molecule has 1 N–H and O–H groups in total. The summed E-state index contributed by atoms with van der Waals surface area (Å²) in [6.45, 7) is 0. The van der Waals surface area contributed by atoms with Crippen LogP contribution in [-0.2, 0) is 7.05 Å². The van der Waals surface area contributed by atoms with Crippen LogP contribution in [0.4, 0.5) is 0 Å². The Morgan fingerprint density at radius 2 is 1.92 bits per heavy atom. The van der Waals surface area contributed by atoms with E-state index in [4.69, 9.17) is 5.11 Å². The second-order valence-corrected chi connectivity index (χ2v) is 3.00. The van der Waals surface area contributed by atoms with Crippen molar-refractivity contribution < 1.29 is 9.67 Å². The Hall–Kier alpha value is -1.77. The molecule has 0 amide bonds. The third kappa shape index (κ3) is 1.54. The van der Waals surface area contributed by atoms with Crippen molar-refractivity contribution in [3.05, 3.63) is 43.0 Å². The van der Waals surface area contributed by atoms with Crippen LogP contribution in [0.5, 0.6) is 5.75 Å². The SMILES string of the molecule is C[n+]1ccn(-c2ccc(O)cc2)c1. The zero-order chi connectivity index (χ0) is 9.26. The summed E-state index contributed by atoms with van der Waals surface area (Å²) in [6, 6.07) is 7.09. The van der Waals surface area contributed by atoms with Gasteiger partial charge in [-0.1, -0.05) is 0 Å². The Kier molecular flexibility index (Phi) is 1.77. The molecule has 1 aromatic carbocycles. The van der Waals surface area contributed by atoms with E-state index in [-0.39, 0.29) is 0 Å². The average molecular weight is 175 g/mol.